The zero-order valence-electron chi connectivity index (χ0n) is 21.0. The summed E-state index contributed by atoms with van der Waals surface area (Å²) < 4.78 is 43.8. The first-order valence-corrected chi connectivity index (χ1v) is 13.6. The maximum Gasteiger partial charge on any atom is 0.418 e. The Bertz CT molecular complexity index is 1350. The fourth-order valence-electron chi connectivity index (χ4n) is 6.65. The third-order valence-electron chi connectivity index (χ3n) is 8.76. The van der Waals surface area contributed by atoms with Crippen LogP contribution < -0.4 is 5.32 Å². The summed E-state index contributed by atoms with van der Waals surface area (Å²) in [7, 11) is 0. The molecule has 2 fully saturated rings. The molecular formula is C29H32ClF3N4. The minimum absolute atomic E-state index is 0.0657. The van der Waals surface area contributed by atoms with Gasteiger partial charge in [0.15, 0.2) is 0 Å². The smallest absolute Gasteiger partial charge is 0.358 e. The fraction of sp³-hybridized carbons (Fsp3) is 0.483. The highest BCUT2D eigenvalue weighted by Crippen LogP contribution is 2.50. The number of nitrogens with one attached hydrogen (secondary N) is 1. The number of fused-ring (bicyclic) bond motifs is 3. The lowest BCUT2D eigenvalue weighted by atomic mass is 9.72. The molecule has 0 radical (unpaired) electrons. The van der Waals surface area contributed by atoms with Crippen molar-refractivity contribution in [1.29, 1.82) is 0 Å². The molecule has 1 aromatic heterocycles. The number of aryl methyl sites for hydroxylation is 1. The fourth-order valence-corrected chi connectivity index (χ4v) is 6.83. The van der Waals surface area contributed by atoms with Crippen LogP contribution in [0.15, 0.2) is 48.8 Å². The first kappa shape index (κ1) is 24.8. The minimum atomic E-state index is -4.40. The van der Waals surface area contributed by atoms with E-state index in [0.29, 0.717) is 17.7 Å². The monoisotopic (exact) mass is 528 g/mol. The highest BCUT2D eigenvalue weighted by molar-refractivity contribution is 6.30. The van der Waals surface area contributed by atoms with Gasteiger partial charge in [0.1, 0.15) is 0 Å². The first-order valence-electron chi connectivity index (χ1n) is 13.2. The van der Waals surface area contributed by atoms with Gasteiger partial charge in [0, 0.05) is 27.2 Å². The standard InChI is InChI=1S/C29H32ClF3N4/c1-18-12-23(13-18)37-27-21(17-34-37)14-20(15-25(27)29(31,32)33)4-3-9-36-10-7-28(8-11-36)19(2)35-26-6-5-22(30)16-24(26)28/h5-6,14-18,23,35H,2-4,7-13H2,1H3. The van der Waals surface area contributed by atoms with Crippen LogP contribution >= 0.6 is 11.6 Å². The van der Waals surface area contributed by atoms with Crippen molar-refractivity contribution >= 4 is 28.2 Å². The topological polar surface area (TPSA) is 33.1 Å². The van der Waals surface area contributed by atoms with E-state index >= 15 is 0 Å². The molecule has 3 heterocycles. The second kappa shape index (κ2) is 9.05. The number of halogens is 4. The Morgan fingerprint density at radius 2 is 1.92 bits per heavy atom. The molecule has 1 saturated carbocycles. The van der Waals surface area contributed by atoms with E-state index in [9.17, 15) is 13.2 Å². The molecule has 8 heteroatoms. The van der Waals surface area contributed by atoms with Crippen LogP contribution in [-0.4, -0.2) is 34.3 Å². The van der Waals surface area contributed by atoms with Crippen molar-refractivity contribution in [2.45, 2.75) is 63.1 Å². The number of piperidine rings is 1. The summed E-state index contributed by atoms with van der Waals surface area (Å²) in [6, 6.07) is 9.29. The number of hydrogen-bond acceptors (Lipinski definition) is 3. The summed E-state index contributed by atoms with van der Waals surface area (Å²) in [5.74, 6) is 0.540. The summed E-state index contributed by atoms with van der Waals surface area (Å²) in [5, 5.41) is 9.14. The Morgan fingerprint density at radius 3 is 2.62 bits per heavy atom. The molecule has 6 rings (SSSR count). The van der Waals surface area contributed by atoms with Gasteiger partial charge in [-0.05, 0) is 106 Å². The molecule has 2 aliphatic heterocycles. The van der Waals surface area contributed by atoms with Gasteiger partial charge in [-0.15, -0.1) is 0 Å². The van der Waals surface area contributed by atoms with Gasteiger partial charge in [0.25, 0.3) is 0 Å². The van der Waals surface area contributed by atoms with Gasteiger partial charge in [-0.2, -0.15) is 18.3 Å². The van der Waals surface area contributed by atoms with Gasteiger partial charge in [-0.3, -0.25) is 4.68 Å². The van der Waals surface area contributed by atoms with Crippen molar-refractivity contribution in [3.63, 3.8) is 0 Å². The number of hydrogen-bond donors (Lipinski definition) is 1. The average Bonchev–Trinajstić information content (AvgIpc) is 3.36. The number of likely N-dealkylation sites (tertiary alicyclic amines) is 1. The van der Waals surface area contributed by atoms with E-state index in [0.717, 1.165) is 73.7 Å². The van der Waals surface area contributed by atoms with E-state index in [-0.39, 0.29) is 17.0 Å². The molecule has 0 amide bonds. The molecule has 196 valence electrons. The number of nitrogens with zero attached hydrogens (tertiary/aromatic N) is 3. The maximum absolute atomic E-state index is 14.1. The lowest BCUT2D eigenvalue weighted by molar-refractivity contribution is -0.136. The number of alkyl halides is 3. The van der Waals surface area contributed by atoms with Crippen molar-refractivity contribution in [2.24, 2.45) is 5.92 Å². The number of aromatic nitrogens is 2. The van der Waals surface area contributed by atoms with Gasteiger partial charge in [0.05, 0.1) is 23.3 Å². The number of benzene rings is 2. The van der Waals surface area contributed by atoms with Gasteiger partial charge >= 0.3 is 6.18 Å². The summed E-state index contributed by atoms with van der Waals surface area (Å²) in [6.07, 6.45) is 2.30. The molecule has 1 N–H and O–H groups in total. The van der Waals surface area contributed by atoms with E-state index in [1.807, 2.05) is 18.2 Å². The quantitative estimate of drug-likeness (QED) is 0.370. The van der Waals surface area contributed by atoms with Crippen molar-refractivity contribution in [3.05, 3.63) is 70.5 Å². The number of allylic oxidation sites excluding steroid dienone is 1. The van der Waals surface area contributed by atoms with Gasteiger partial charge in [-0.25, -0.2) is 0 Å². The average molecular weight is 529 g/mol. The molecule has 0 atom stereocenters. The molecule has 4 nitrogen and oxygen atoms in total. The van der Waals surface area contributed by atoms with Crippen LogP contribution in [0.1, 0.15) is 61.8 Å². The van der Waals surface area contributed by atoms with Crippen LogP contribution in [0.2, 0.25) is 5.02 Å². The van der Waals surface area contributed by atoms with Crippen molar-refractivity contribution in [3.8, 4) is 0 Å². The first-order chi connectivity index (χ1) is 17.6. The van der Waals surface area contributed by atoms with E-state index in [1.54, 1.807) is 10.9 Å². The third kappa shape index (κ3) is 4.34. The molecule has 0 bridgehead atoms. The van der Waals surface area contributed by atoms with E-state index in [4.69, 9.17) is 11.6 Å². The van der Waals surface area contributed by atoms with E-state index in [1.165, 1.54) is 11.6 Å². The second-order valence-electron chi connectivity index (χ2n) is 11.2. The van der Waals surface area contributed by atoms with Crippen LogP contribution in [0.4, 0.5) is 18.9 Å². The van der Waals surface area contributed by atoms with Crippen LogP contribution in [0.3, 0.4) is 0 Å². The van der Waals surface area contributed by atoms with Crippen LogP contribution in [0.5, 0.6) is 0 Å². The zero-order valence-corrected chi connectivity index (χ0v) is 21.8. The molecule has 3 aromatic rings. The summed E-state index contributed by atoms with van der Waals surface area (Å²) >= 11 is 6.29. The Morgan fingerprint density at radius 1 is 1.16 bits per heavy atom. The largest absolute Gasteiger partial charge is 0.418 e. The number of anilines is 1. The third-order valence-corrected chi connectivity index (χ3v) is 8.99. The summed E-state index contributed by atoms with van der Waals surface area (Å²) in [5.41, 5.74) is 3.67. The highest BCUT2D eigenvalue weighted by atomic mass is 35.5. The Hall–Kier alpha value is -2.51. The van der Waals surface area contributed by atoms with E-state index < -0.39 is 11.7 Å². The second-order valence-corrected chi connectivity index (χ2v) is 11.7. The zero-order chi connectivity index (χ0) is 25.9. The van der Waals surface area contributed by atoms with Gasteiger partial charge in [0.2, 0.25) is 0 Å². The molecule has 1 spiro atoms. The Balaban J connectivity index is 1.12. The van der Waals surface area contributed by atoms with Crippen molar-refractivity contribution in [2.75, 3.05) is 25.0 Å². The lowest BCUT2D eigenvalue weighted by Crippen LogP contribution is -2.43. The van der Waals surface area contributed by atoms with Crippen LogP contribution in [0, 0.1) is 5.92 Å². The van der Waals surface area contributed by atoms with Crippen molar-refractivity contribution in [1.82, 2.24) is 14.7 Å². The van der Waals surface area contributed by atoms with Gasteiger partial charge in [-0.1, -0.05) is 25.1 Å². The Kier molecular flexibility index (Phi) is 6.07. The highest BCUT2D eigenvalue weighted by Gasteiger charge is 2.44. The molecule has 3 aliphatic rings. The predicted octanol–water partition coefficient (Wildman–Crippen LogP) is 7.59. The minimum Gasteiger partial charge on any atom is -0.358 e. The van der Waals surface area contributed by atoms with Crippen LogP contribution in [0.25, 0.3) is 10.9 Å². The molecule has 0 unspecified atom stereocenters. The molecule has 1 aliphatic carbocycles. The van der Waals surface area contributed by atoms with Crippen molar-refractivity contribution < 1.29 is 13.2 Å². The summed E-state index contributed by atoms with van der Waals surface area (Å²) in [4.78, 5) is 2.42. The Labute approximate surface area is 220 Å². The van der Waals surface area contributed by atoms with Crippen LogP contribution in [-0.2, 0) is 18.0 Å². The van der Waals surface area contributed by atoms with Gasteiger partial charge < -0.3 is 10.2 Å². The molecule has 2 aromatic carbocycles. The van der Waals surface area contributed by atoms with E-state index in [2.05, 4.69) is 34.9 Å². The molecular weight excluding hydrogens is 497 g/mol. The molecule has 37 heavy (non-hydrogen) atoms. The SMILES string of the molecule is C=C1Nc2ccc(Cl)cc2C12CCN(CCCc1cc(C(F)(F)F)c3c(cnn3C3CC(C)C3)c1)CC2. The lowest BCUT2D eigenvalue weighted by Gasteiger charge is -2.40. The predicted molar refractivity (Wildman–Crippen MR) is 142 cm³/mol. The molecule has 1 saturated heterocycles. The summed E-state index contributed by atoms with van der Waals surface area (Å²) in [6.45, 7) is 9.14. The normalized spacial score (nSPS) is 23.3. The number of rotatable bonds is 5. The maximum atomic E-state index is 14.1.